The van der Waals surface area contributed by atoms with Gasteiger partial charge in [0.05, 0.1) is 5.57 Å². The zero-order valence-electron chi connectivity index (χ0n) is 14.0. The molecule has 0 aliphatic carbocycles. The molecule has 24 heavy (non-hydrogen) atoms. The third kappa shape index (κ3) is 4.92. The first-order chi connectivity index (χ1) is 11.5. The summed E-state index contributed by atoms with van der Waals surface area (Å²) in [5, 5.41) is 15.9. The minimum Gasteiger partial charge on any atom is -0.476 e. The van der Waals surface area contributed by atoms with Crippen molar-refractivity contribution in [3.63, 3.8) is 0 Å². The van der Waals surface area contributed by atoms with Crippen molar-refractivity contribution >= 4 is 12.0 Å². The Hall–Kier alpha value is -2.16. The lowest BCUT2D eigenvalue weighted by molar-refractivity contribution is 0.0783. The first-order valence-electron chi connectivity index (χ1n) is 8.27. The molecule has 0 saturated carbocycles. The topological polar surface area (TPSA) is 135 Å². The third-order valence-corrected chi connectivity index (χ3v) is 4.38. The predicted molar refractivity (Wildman–Crippen MR) is 89.2 cm³/mol. The molecule has 0 aromatic carbocycles. The van der Waals surface area contributed by atoms with Gasteiger partial charge in [-0.2, -0.15) is 0 Å². The lowest BCUT2D eigenvalue weighted by Gasteiger charge is -2.30. The summed E-state index contributed by atoms with van der Waals surface area (Å²) in [6.45, 7) is 4.44. The number of hydrogen-bond acceptors (Lipinski definition) is 7. The molecule has 1 amide bonds. The van der Waals surface area contributed by atoms with Crippen molar-refractivity contribution < 1.29 is 19.4 Å². The molecule has 6 N–H and O–H groups in total. The van der Waals surface area contributed by atoms with Crippen molar-refractivity contribution in [2.45, 2.75) is 44.8 Å². The highest BCUT2D eigenvalue weighted by molar-refractivity contribution is 5.93. The maximum atomic E-state index is 10.9. The second-order valence-corrected chi connectivity index (χ2v) is 6.08. The van der Waals surface area contributed by atoms with Crippen LogP contribution in [0, 0.1) is 0 Å². The molecule has 0 aromatic heterocycles. The molecule has 136 valence electrons. The number of hydrazone groups is 1. The van der Waals surface area contributed by atoms with E-state index in [1.165, 1.54) is 4.90 Å². The molecule has 0 bridgehead atoms. The minimum atomic E-state index is -0.906. The number of carbonyl (C=O) groups is 1. The summed E-state index contributed by atoms with van der Waals surface area (Å²) in [7, 11) is 0. The van der Waals surface area contributed by atoms with Gasteiger partial charge in [0.2, 0.25) is 5.90 Å². The Morgan fingerprint density at radius 3 is 2.29 bits per heavy atom. The summed E-state index contributed by atoms with van der Waals surface area (Å²) in [6, 6.07) is 0. The number of carboxylic acid groups (broad SMARTS) is 1. The Bertz CT molecular complexity index is 494. The molecule has 2 saturated heterocycles. The number of nitrogens with one attached hydrogen (secondary N) is 1. The van der Waals surface area contributed by atoms with Crippen LogP contribution in [0.5, 0.6) is 0 Å². The second-order valence-electron chi connectivity index (χ2n) is 6.08. The number of amides is 1. The number of nitrogens with zero attached hydrogens (tertiary/aromatic N) is 2. The molecule has 0 unspecified atom stereocenters. The van der Waals surface area contributed by atoms with Crippen molar-refractivity contribution in [2.75, 3.05) is 26.2 Å². The summed E-state index contributed by atoms with van der Waals surface area (Å²) in [6.07, 6.45) is 2.02. The molecule has 0 spiro atoms. The van der Waals surface area contributed by atoms with E-state index in [1.807, 2.05) is 0 Å². The van der Waals surface area contributed by atoms with E-state index < -0.39 is 6.09 Å². The highest BCUT2D eigenvalue weighted by atomic mass is 16.5. The van der Waals surface area contributed by atoms with E-state index in [0.29, 0.717) is 31.5 Å². The van der Waals surface area contributed by atoms with E-state index in [2.05, 4.69) is 10.4 Å². The monoisotopic (exact) mass is 341 g/mol. The van der Waals surface area contributed by atoms with Crippen molar-refractivity contribution in [1.82, 2.24) is 10.2 Å². The molecule has 0 radical (unpaired) electrons. The van der Waals surface area contributed by atoms with Gasteiger partial charge in [-0.15, -0.1) is 5.10 Å². The van der Waals surface area contributed by atoms with E-state index in [4.69, 9.17) is 26.2 Å². The summed E-state index contributed by atoms with van der Waals surface area (Å²) >= 11 is 0. The van der Waals surface area contributed by atoms with Gasteiger partial charge in [-0.3, -0.25) is 0 Å². The lowest BCUT2D eigenvalue weighted by atomic mass is 10.1. The van der Waals surface area contributed by atoms with Crippen LogP contribution in [0.15, 0.2) is 16.6 Å². The highest BCUT2D eigenvalue weighted by Gasteiger charge is 2.25. The van der Waals surface area contributed by atoms with Crippen LogP contribution >= 0.6 is 0 Å². The Balaban J connectivity index is 1.90. The molecular weight excluding hydrogens is 314 g/mol. The highest BCUT2D eigenvalue weighted by Crippen LogP contribution is 2.18. The van der Waals surface area contributed by atoms with E-state index in [-0.39, 0.29) is 24.0 Å². The fourth-order valence-electron chi connectivity index (χ4n) is 2.83. The van der Waals surface area contributed by atoms with Crippen LogP contribution in [-0.2, 0) is 9.47 Å². The first-order valence-corrected chi connectivity index (χ1v) is 8.27. The summed E-state index contributed by atoms with van der Waals surface area (Å²) in [5.74, 6) is 5.96. The van der Waals surface area contributed by atoms with Crippen LogP contribution in [-0.4, -0.2) is 60.4 Å². The number of rotatable bonds is 4. The van der Waals surface area contributed by atoms with E-state index in [9.17, 15) is 4.79 Å². The molecule has 2 fully saturated rings. The maximum absolute atomic E-state index is 10.9. The SMILES string of the molecule is CC(C(=NN)OC1CCN(C(=O)O)CC1)=C(N)OC1CCNCC1. The lowest BCUT2D eigenvalue weighted by Crippen LogP contribution is -2.41. The fourth-order valence-corrected chi connectivity index (χ4v) is 2.83. The van der Waals surface area contributed by atoms with Crippen LogP contribution in [0.1, 0.15) is 32.6 Å². The van der Waals surface area contributed by atoms with E-state index in [1.54, 1.807) is 6.92 Å². The first kappa shape index (κ1) is 18.2. The van der Waals surface area contributed by atoms with Gasteiger partial charge in [0.25, 0.3) is 0 Å². The third-order valence-electron chi connectivity index (χ3n) is 4.38. The van der Waals surface area contributed by atoms with Crippen LogP contribution in [0.4, 0.5) is 4.79 Å². The van der Waals surface area contributed by atoms with Crippen LogP contribution in [0.3, 0.4) is 0 Å². The molecule has 2 heterocycles. The fraction of sp³-hybridized carbons (Fsp3) is 0.733. The minimum absolute atomic E-state index is 0.0824. The van der Waals surface area contributed by atoms with Crippen molar-refractivity contribution in [2.24, 2.45) is 16.7 Å². The van der Waals surface area contributed by atoms with Gasteiger partial charge in [0, 0.05) is 25.9 Å². The van der Waals surface area contributed by atoms with E-state index >= 15 is 0 Å². The van der Waals surface area contributed by atoms with Gasteiger partial charge in [0.15, 0.2) is 5.88 Å². The zero-order valence-corrected chi connectivity index (χ0v) is 14.0. The van der Waals surface area contributed by atoms with Gasteiger partial charge >= 0.3 is 6.09 Å². The number of likely N-dealkylation sites (tertiary alicyclic amines) is 1. The maximum Gasteiger partial charge on any atom is 0.407 e. The van der Waals surface area contributed by atoms with E-state index in [0.717, 1.165) is 25.9 Å². The molecule has 2 rings (SSSR count). The normalized spacial score (nSPS) is 22.0. The van der Waals surface area contributed by atoms with Gasteiger partial charge in [-0.05, 0) is 32.9 Å². The molecular formula is C15H27N5O4. The number of piperidine rings is 2. The average molecular weight is 341 g/mol. The van der Waals surface area contributed by atoms with Crippen LogP contribution in [0.25, 0.3) is 0 Å². The molecule has 9 nitrogen and oxygen atoms in total. The largest absolute Gasteiger partial charge is 0.476 e. The average Bonchev–Trinajstić information content (AvgIpc) is 2.60. The predicted octanol–water partition coefficient (Wildman–Crippen LogP) is 0.376. The molecule has 0 aromatic rings. The number of hydrogen-bond donors (Lipinski definition) is 4. The second kappa shape index (κ2) is 8.62. The van der Waals surface area contributed by atoms with Crippen molar-refractivity contribution in [1.29, 1.82) is 0 Å². The van der Waals surface area contributed by atoms with Crippen molar-refractivity contribution in [3.05, 3.63) is 11.5 Å². The van der Waals surface area contributed by atoms with Crippen molar-refractivity contribution in [3.8, 4) is 0 Å². The molecule has 2 aliphatic rings. The Kier molecular flexibility index (Phi) is 6.53. The molecule has 0 atom stereocenters. The standard InChI is InChI=1S/C15H27N5O4/c1-10(13(16)23-11-2-6-18-7-3-11)14(19-17)24-12-4-8-20(9-5-12)15(21)22/h11-12,18H,2-9,16-17H2,1H3,(H,21,22). The number of nitrogens with two attached hydrogens (primary N) is 2. The molecule has 9 heteroatoms. The van der Waals surface area contributed by atoms with Crippen LogP contribution < -0.4 is 16.9 Å². The summed E-state index contributed by atoms with van der Waals surface area (Å²) in [5.41, 5.74) is 6.59. The smallest absolute Gasteiger partial charge is 0.407 e. The van der Waals surface area contributed by atoms with Gasteiger partial charge in [0.1, 0.15) is 12.2 Å². The quantitative estimate of drug-likeness (QED) is 0.191. The Morgan fingerprint density at radius 1 is 1.17 bits per heavy atom. The molecule has 2 aliphatic heterocycles. The Morgan fingerprint density at radius 2 is 1.75 bits per heavy atom. The zero-order chi connectivity index (χ0) is 17.5. The van der Waals surface area contributed by atoms with Gasteiger partial charge < -0.3 is 36.4 Å². The van der Waals surface area contributed by atoms with Gasteiger partial charge in [-0.25, -0.2) is 4.79 Å². The van der Waals surface area contributed by atoms with Crippen LogP contribution in [0.2, 0.25) is 0 Å². The summed E-state index contributed by atoms with van der Waals surface area (Å²) < 4.78 is 11.6. The Labute approximate surface area is 141 Å². The summed E-state index contributed by atoms with van der Waals surface area (Å²) in [4.78, 5) is 12.3. The number of ether oxygens (including phenoxy) is 2. The van der Waals surface area contributed by atoms with Gasteiger partial charge in [-0.1, -0.05) is 0 Å².